The van der Waals surface area contributed by atoms with Crippen LogP contribution < -0.4 is 10.2 Å². The van der Waals surface area contributed by atoms with Gasteiger partial charge in [0, 0.05) is 13.1 Å². The fourth-order valence-corrected chi connectivity index (χ4v) is 1.77. The molecule has 1 aliphatic rings. The molecule has 1 aliphatic heterocycles. The molecular formula is C9H8BrFN2O. The first-order chi connectivity index (χ1) is 6.58. The third-order valence-electron chi connectivity index (χ3n) is 2.10. The number of anilines is 2. The molecule has 0 fully saturated rings. The van der Waals surface area contributed by atoms with Crippen molar-refractivity contribution in [3.63, 3.8) is 0 Å². The molecule has 0 aliphatic carbocycles. The van der Waals surface area contributed by atoms with Crippen molar-refractivity contribution in [3.05, 3.63) is 22.4 Å². The third-order valence-corrected chi connectivity index (χ3v) is 2.71. The van der Waals surface area contributed by atoms with Crippen molar-refractivity contribution in [3.8, 4) is 0 Å². The van der Waals surface area contributed by atoms with Crippen LogP contribution in [0.1, 0.15) is 0 Å². The number of nitrogens with zero attached hydrogens (tertiary/aromatic N) is 1. The summed E-state index contributed by atoms with van der Waals surface area (Å²) in [4.78, 5) is 12.9. The van der Waals surface area contributed by atoms with E-state index in [1.165, 1.54) is 6.07 Å². The highest BCUT2D eigenvalue weighted by Crippen LogP contribution is 2.33. The molecule has 3 nitrogen and oxygen atoms in total. The lowest BCUT2D eigenvalue weighted by Crippen LogP contribution is -2.35. The van der Waals surface area contributed by atoms with Gasteiger partial charge in [0.2, 0.25) is 5.91 Å². The van der Waals surface area contributed by atoms with Crippen molar-refractivity contribution in [1.29, 1.82) is 0 Å². The molecule has 0 aromatic heterocycles. The van der Waals surface area contributed by atoms with Crippen molar-refractivity contribution >= 4 is 33.2 Å². The van der Waals surface area contributed by atoms with Gasteiger partial charge in [0.15, 0.2) is 0 Å². The molecule has 1 N–H and O–H groups in total. The summed E-state index contributed by atoms with van der Waals surface area (Å²) < 4.78 is 13.5. The number of hydrogen-bond acceptors (Lipinski definition) is 2. The Kier molecular flexibility index (Phi) is 2.19. The topological polar surface area (TPSA) is 32.3 Å². The Hall–Kier alpha value is -1.10. The number of hydrogen-bond donors (Lipinski definition) is 1. The minimum atomic E-state index is -0.376. The predicted molar refractivity (Wildman–Crippen MR) is 56.0 cm³/mol. The SMILES string of the molecule is CN1CC(=O)Nc2cc(F)c(Br)cc21. The van der Waals surface area contributed by atoms with E-state index in [1.54, 1.807) is 18.0 Å². The van der Waals surface area contributed by atoms with Crippen LogP contribution in [0, 0.1) is 5.82 Å². The lowest BCUT2D eigenvalue weighted by Gasteiger charge is -2.27. The zero-order valence-electron chi connectivity index (χ0n) is 7.47. The smallest absolute Gasteiger partial charge is 0.243 e. The minimum Gasteiger partial charge on any atom is -0.364 e. The van der Waals surface area contributed by atoms with Gasteiger partial charge in [0.1, 0.15) is 5.82 Å². The van der Waals surface area contributed by atoms with Crippen LogP contribution in [-0.2, 0) is 4.79 Å². The van der Waals surface area contributed by atoms with Gasteiger partial charge in [0.05, 0.1) is 22.4 Å². The van der Waals surface area contributed by atoms with Gasteiger partial charge in [-0.2, -0.15) is 0 Å². The van der Waals surface area contributed by atoms with Gasteiger partial charge in [-0.1, -0.05) is 0 Å². The fourth-order valence-electron chi connectivity index (χ4n) is 1.44. The van der Waals surface area contributed by atoms with Crippen LogP contribution in [0.15, 0.2) is 16.6 Å². The van der Waals surface area contributed by atoms with Crippen LogP contribution in [0.5, 0.6) is 0 Å². The normalized spacial score (nSPS) is 15.1. The molecular weight excluding hydrogens is 251 g/mol. The Labute approximate surface area is 89.0 Å². The Morgan fingerprint density at radius 2 is 2.29 bits per heavy atom. The Bertz CT molecular complexity index is 408. The Morgan fingerprint density at radius 1 is 1.57 bits per heavy atom. The summed E-state index contributed by atoms with van der Waals surface area (Å²) in [5, 5.41) is 2.62. The number of nitrogens with one attached hydrogen (secondary N) is 1. The van der Waals surface area contributed by atoms with Crippen LogP contribution >= 0.6 is 15.9 Å². The maximum absolute atomic E-state index is 13.1. The van der Waals surface area contributed by atoms with Gasteiger partial charge >= 0.3 is 0 Å². The summed E-state index contributed by atoms with van der Waals surface area (Å²) in [5.41, 5.74) is 1.34. The lowest BCUT2D eigenvalue weighted by atomic mass is 10.2. The molecule has 0 radical (unpaired) electrons. The number of carbonyl (C=O) groups is 1. The van der Waals surface area contributed by atoms with E-state index < -0.39 is 0 Å². The van der Waals surface area contributed by atoms with Gasteiger partial charge in [-0.05, 0) is 22.0 Å². The second-order valence-corrected chi connectivity index (χ2v) is 4.04. The van der Waals surface area contributed by atoms with E-state index in [0.717, 1.165) is 5.69 Å². The number of carbonyl (C=O) groups excluding carboxylic acids is 1. The molecule has 2 rings (SSSR count). The van der Waals surface area contributed by atoms with Crippen LogP contribution in [-0.4, -0.2) is 19.5 Å². The molecule has 1 heterocycles. The van der Waals surface area contributed by atoms with Crippen molar-refractivity contribution < 1.29 is 9.18 Å². The number of rotatable bonds is 0. The summed E-state index contributed by atoms with van der Waals surface area (Å²) in [6.45, 7) is 0.297. The molecule has 0 bridgehead atoms. The van der Waals surface area contributed by atoms with Crippen LogP contribution in [0.2, 0.25) is 0 Å². The molecule has 0 saturated heterocycles. The van der Waals surface area contributed by atoms with Crippen molar-refractivity contribution in [2.75, 3.05) is 23.8 Å². The summed E-state index contributed by atoms with van der Waals surface area (Å²) in [6, 6.07) is 2.97. The van der Waals surface area contributed by atoms with Crippen LogP contribution in [0.3, 0.4) is 0 Å². The molecule has 74 valence electrons. The van der Waals surface area contributed by atoms with E-state index in [0.29, 0.717) is 16.7 Å². The molecule has 1 aromatic rings. The van der Waals surface area contributed by atoms with E-state index in [-0.39, 0.29) is 11.7 Å². The third kappa shape index (κ3) is 1.48. The monoisotopic (exact) mass is 258 g/mol. The first-order valence-corrected chi connectivity index (χ1v) is 4.87. The average molecular weight is 259 g/mol. The highest BCUT2D eigenvalue weighted by atomic mass is 79.9. The first-order valence-electron chi connectivity index (χ1n) is 4.08. The Balaban J connectivity index is 2.54. The largest absolute Gasteiger partial charge is 0.364 e. The van der Waals surface area contributed by atoms with E-state index in [1.807, 2.05) is 0 Å². The van der Waals surface area contributed by atoms with E-state index in [4.69, 9.17) is 0 Å². The number of halogens is 2. The predicted octanol–water partition coefficient (Wildman–Crippen LogP) is 1.98. The van der Waals surface area contributed by atoms with E-state index >= 15 is 0 Å². The maximum atomic E-state index is 13.1. The zero-order chi connectivity index (χ0) is 10.3. The molecule has 1 amide bonds. The molecule has 0 spiro atoms. The fraction of sp³-hybridized carbons (Fsp3) is 0.222. The van der Waals surface area contributed by atoms with Gasteiger partial charge in [-0.25, -0.2) is 4.39 Å². The second-order valence-electron chi connectivity index (χ2n) is 3.19. The number of benzene rings is 1. The van der Waals surface area contributed by atoms with Crippen molar-refractivity contribution in [2.24, 2.45) is 0 Å². The van der Waals surface area contributed by atoms with Crippen molar-refractivity contribution in [1.82, 2.24) is 0 Å². The summed E-state index contributed by atoms with van der Waals surface area (Å²) in [6.07, 6.45) is 0. The Morgan fingerprint density at radius 3 is 3.00 bits per heavy atom. The zero-order valence-corrected chi connectivity index (χ0v) is 9.06. The minimum absolute atomic E-state index is 0.123. The number of likely N-dealkylation sites (N-methyl/N-ethyl adjacent to an activating group) is 1. The van der Waals surface area contributed by atoms with Crippen LogP contribution in [0.25, 0.3) is 0 Å². The second kappa shape index (κ2) is 3.24. The number of amides is 1. The summed E-state index contributed by atoms with van der Waals surface area (Å²) in [5.74, 6) is -0.499. The van der Waals surface area contributed by atoms with E-state index in [2.05, 4.69) is 21.2 Å². The molecule has 0 saturated carbocycles. The van der Waals surface area contributed by atoms with Crippen LogP contribution in [0.4, 0.5) is 15.8 Å². The van der Waals surface area contributed by atoms with Crippen molar-refractivity contribution in [2.45, 2.75) is 0 Å². The molecule has 0 atom stereocenters. The molecule has 5 heteroatoms. The highest BCUT2D eigenvalue weighted by molar-refractivity contribution is 9.10. The number of fused-ring (bicyclic) bond motifs is 1. The van der Waals surface area contributed by atoms with E-state index in [9.17, 15) is 9.18 Å². The highest BCUT2D eigenvalue weighted by Gasteiger charge is 2.20. The van der Waals surface area contributed by atoms with Gasteiger partial charge in [0.25, 0.3) is 0 Å². The van der Waals surface area contributed by atoms with Gasteiger partial charge in [-0.3, -0.25) is 4.79 Å². The summed E-state index contributed by atoms with van der Waals surface area (Å²) in [7, 11) is 1.79. The molecule has 14 heavy (non-hydrogen) atoms. The quantitative estimate of drug-likeness (QED) is 0.772. The first kappa shape index (κ1) is 9.45. The average Bonchev–Trinajstić information content (AvgIpc) is 2.08. The summed E-state index contributed by atoms with van der Waals surface area (Å²) >= 11 is 3.10. The lowest BCUT2D eigenvalue weighted by molar-refractivity contribution is -0.115. The maximum Gasteiger partial charge on any atom is 0.243 e. The molecule has 1 aromatic carbocycles. The van der Waals surface area contributed by atoms with Gasteiger partial charge < -0.3 is 10.2 Å². The van der Waals surface area contributed by atoms with Gasteiger partial charge in [-0.15, -0.1) is 0 Å². The molecule has 0 unspecified atom stereocenters. The standard InChI is InChI=1S/C9H8BrFN2O/c1-13-4-9(14)12-7-3-6(11)5(10)2-8(7)13/h2-3H,4H2,1H3,(H,12,14).